The molecule has 1 heterocycles. The molecule has 2 rings (SSSR count). The van der Waals surface area contributed by atoms with Crippen molar-refractivity contribution in [2.45, 2.75) is 6.54 Å². The SMILES string of the molecule is CN(c1ccccc1)c1ccc(CN)cn1. The molecule has 0 aliphatic heterocycles. The molecule has 0 atom stereocenters. The molecule has 0 unspecified atom stereocenters. The molecule has 0 amide bonds. The molecule has 1 aromatic heterocycles. The van der Waals surface area contributed by atoms with Crippen molar-refractivity contribution in [2.24, 2.45) is 5.73 Å². The van der Waals surface area contributed by atoms with Crippen LogP contribution in [0, 0.1) is 0 Å². The van der Waals surface area contributed by atoms with E-state index in [0.717, 1.165) is 17.1 Å². The summed E-state index contributed by atoms with van der Waals surface area (Å²) in [4.78, 5) is 6.41. The normalized spacial score (nSPS) is 10.1. The van der Waals surface area contributed by atoms with Gasteiger partial charge in [0.1, 0.15) is 5.82 Å². The largest absolute Gasteiger partial charge is 0.329 e. The summed E-state index contributed by atoms with van der Waals surface area (Å²) >= 11 is 0. The number of hydrogen-bond acceptors (Lipinski definition) is 3. The Morgan fingerprint density at radius 2 is 1.88 bits per heavy atom. The number of benzene rings is 1. The van der Waals surface area contributed by atoms with Gasteiger partial charge in [0.2, 0.25) is 0 Å². The van der Waals surface area contributed by atoms with Gasteiger partial charge in [-0.25, -0.2) is 4.98 Å². The minimum atomic E-state index is 0.530. The zero-order valence-electron chi connectivity index (χ0n) is 9.30. The maximum absolute atomic E-state index is 5.53. The predicted molar refractivity (Wildman–Crippen MR) is 66.6 cm³/mol. The maximum Gasteiger partial charge on any atom is 0.132 e. The van der Waals surface area contributed by atoms with Crippen LogP contribution in [0.5, 0.6) is 0 Å². The lowest BCUT2D eigenvalue weighted by molar-refractivity contribution is 1.03. The van der Waals surface area contributed by atoms with Crippen molar-refractivity contribution in [3.8, 4) is 0 Å². The fourth-order valence-corrected chi connectivity index (χ4v) is 1.52. The maximum atomic E-state index is 5.53. The first-order valence-corrected chi connectivity index (χ1v) is 5.25. The Balaban J connectivity index is 2.24. The first-order chi connectivity index (χ1) is 7.81. The molecule has 0 fully saturated rings. The lowest BCUT2D eigenvalue weighted by Gasteiger charge is -2.18. The highest BCUT2D eigenvalue weighted by Gasteiger charge is 2.03. The number of nitrogens with zero attached hydrogens (tertiary/aromatic N) is 2. The van der Waals surface area contributed by atoms with Crippen molar-refractivity contribution in [2.75, 3.05) is 11.9 Å². The Bertz CT molecular complexity index is 436. The summed E-state index contributed by atoms with van der Waals surface area (Å²) in [7, 11) is 2.00. The van der Waals surface area contributed by atoms with Crippen molar-refractivity contribution in [3.63, 3.8) is 0 Å². The highest BCUT2D eigenvalue weighted by molar-refractivity contribution is 5.58. The third-order valence-corrected chi connectivity index (χ3v) is 2.53. The highest BCUT2D eigenvalue weighted by Crippen LogP contribution is 2.20. The first kappa shape index (κ1) is 10.6. The second-order valence-electron chi connectivity index (χ2n) is 3.62. The van der Waals surface area contributed by atoms with E-state index >= 15 is 0 Å². The molecule has 2 aromatic rings. The molecule has 3 heteroatoms. The molecule has 0 radical (unpaired) electrons. The Kier molecular flexibility index (Phi) is 3.17. The molecule has 16 heavy (non-hydrogen) atoms. The number of para-hydroxylation sites is 1. The molecule has 0 saturated carbocycles. The van der Waals surface area contributed by atoms with E-state index in [1.807, 2.05) is 48.5 Å². The molecule has 0 bridgehead atoms. The Morgan fingerprint density at radius 3 is 2.44 bits per heavy atom. The summed E-state index contributed by atoms with van der Waals surface area (Å²) in [5.41, 5.74) is 7.70. The zero-order valence-corrected chi connectivity index (χ0v) is 9.30. The fourth-order valence-electron chi connectivity index (χ4n) is 1.52. The van der Waals surface area contributed by atoms with Gasteiger partial charge in [-0.1, -0.05) is 24.3 Å². The van der Waals surface area contributed by atoms with Gasteiger partial charge < -0.3 is 10.6 Å². The van der Waals surface area contributed by atoms with Gasteiger partial charge in [-0.15, -0.1) is 0 Å². The Morgan fingerprint density at radius 1 is 1.12 bits per heavy atom. The van der Waals surface area contributed by atoms with Crippen LogP contribution in [-0.4, -0.2) is 12.0 Å². The van der Waals surface area contributed by atoms with Crippen LogP contribution in [0.2, 0.25) is 0 Å². The molecule has 2 N–H and O–H groups in total. The molecular weight excluding hydrogens is 198 g/mol. The average Bonchev–Trinajstić information content (AvgIpc) is 2.39. The molecule has 82 valence electrons. The number of nitrogens with two attached hydrogens (primary N) is 1. The van der Waals surface area contributed by atoms with Crippen LogP contribution in [0.1, 0.15) is 5.56 Å². The summed E-state index contributed by atoms with van der Waals surface area (Å²) < 4.78 is 0. The van der Waals surface area contributed by atoms with Crippen molar-refractivity contribution < 1.29 is 0 Å². The summed E-state index contributed by atoms with van der Waals surface area (Å²) in [5.74, 6) is 0.920. The molecule has 0 spiro atoms. The molecule has 0 aliphatic rings. The van der Waals surface area contributed by atoms with E-state index in [1.165, 1.54) is 0 Å². The van der Waals surface area contributed by atoms with E-state index in [-0.39, 0.29) is 0 Å². The first-order valence-electron chi connectivity index (χ1n) is 5.25. The quantitative estimate of drug-likeness (QED) is 0.850. The Labute approximate surface area is 95.5 Å². The number of rotatable bonds is 3. The van der Waals surface area contributed by atoms with Gasteiger partial charge in [-0.3, -0.25) is 0 Å². The van der Waals surface area contributed by atoms with Crippen LogP contribution in [0.3, 0.4) is 0 Å². The lowest BCUT2D eigenvalue weighted by atomic mass is 10.2. The minimum Gasteiger partial charge on any atom is -0.329 e. The topological polar surface area (TPSA) is 42.1 Å². The average molecular weight is 213 g/mol. The van der Waals surface area contributed by atoms with Crippen LogP contribution in [0.25, 0.3) is 0 Å². The second-order valence-corrected chi connectivity index (χ2v) is 3.62. The molecule has 0 aliphatic carbocycles. The van der Waals surface area contributed by atoms with Crippen LogP contribution in [-0.2, 0) is 6.54 Å². The monoisotopic (exact) mass is 213 g/mol. The highest BCUT2D eigenvalue weighted by atomic mass is 15.2. The van der Waals surface area contributed by atoms with E-state index in [0.29, 0.717) is 6.54 Å². The number of pyridine rings is 1. The smallest absolute Gasteiger partial charge is 0.132 e. The van der Waals surface area contributed by atoms with Gasteiger partial charge in [0.25, 0.3) is 0 Å². The van der Waals surface area contributed by atoms with Crippen LogP contribution < -0.4 is 10.6 Å². The van der Waals surface area contributed by atoms with Crippen molar-refractivity contribution >= 4 is 11.5 Å². The lowest BCUT2D eigenvalue weighted by Crippen LogP contribution is -2.11. The third-order valence-electron chi connectivity index (χ3n) is 2.53. The van der Waals surface area contributed by atoms with Gasteiger partial charge in [0, 0.05) is 25.5 Å². The van der Waals surface area contributed by atoms with Gasteiger partial charge in [0.05, 0.1) is 0 Å². The number of hydrogen-bond donors (Lipinski definition) is 1. The van der Waals surface area contributed by atoms with E-state index in [9.17, 15) is 0 Å². The number of anilines is 2. The van der Waals surface area contributed by atoms with E-state index < -0.39 is 0 Å². The second kappa shape index (κ2) is 4.77. The third kappa shape index (κ3) is 2.20. The number of aromatic nitrogens is 1. The van der Waals surface area contributed by atoms with Crippen molar-refractivity contribution in [1.82, 2.24) is 4.98 Å². The fraction of sp³-hybridized carbons (Fsp3) is 0.154. The van der Waals surface area contributed by atoms with Gasteiger partial charge in [0.15, 0.2) is 0 Å². The molecular formula is C13H15N3. The molecule has 1 aromatic carbocycles. The molecule has 3 nitrogen and oxygen atoms in total. The van der Waals surface area contributed by atoms with Gasteiger partial charge in [-0.05, 0) is 23.8 Å². The van der Waals surface area contributed by atoms with Gasteiger partial charge in [-0.2, -0.15) is 0 Å². The Hall–Kier alpha value is -1.87. The summed E-state index contributed by atoms with van der Waals surface area (Å²) in [6.07, 6.45) is 1.81. The van der Waals surface area contributed by atoms with E-state index in [1.54, 1.807) is 0 Å². The minimum absolute atomic E-state index is 0.530. The van der Waals surface area contributed by atoms with Crippen molar-refractivity contribution in [3.05, 3.63) is 54.2 Å². The van der Waals surface area contributed by atoms with Crippen molar-refractivity contribution in [1.29, 1.82) is 0 Å². The van der Waals surface area contributed by atoms with E-state index in [2.05, 4.69) is 17.1 Å². The zero-order chi connectivity index (χ0) is 11.4. The summed E-state index contributed by atoms with van der Waals surface area (Å²) in [6, 6.07) is 14.1. The van der Waals surface area contributed by atoms with Crippen LogP contribution in [0.4, 0.5) is 11.5 Å². The molecule has 0 saturated heterocycles. The predicted octanol–water partition coefficient (Wildman–Crippen LogP) is 2.31. The summed E-state index contributed by atoms with van der Waals surface area (Å²) in [6.45, 7) is 0.530. The summed E-state index contributed by atoms with van der Waals surface area (Å²) in [5, 5.41) is 0. The van der Waals surface area contributed by atoms with Crippen LogP contribution in [0.15, 0.2) is 48.7 Å². The van der Waals surface area contributed by atoms with E-state index in [4.69, 9.17) is 5.73 Å². The van der Waals surface area contributed by atoms with Gasteiger partial charge >= 0.3 is 0 Å². The van der Waals surface area contributed by atoms with Crippen LogP contribution >= 0.6 is 0 Å². The standard InChI is InChI=1S/C13H15N3/c1-16(12-5-3-2-4-6-12)13-8-7-11(9-14)10-15-13/h2-8,10H,9,14H2,1H3.